The summed E-state index contributed by atoms with van der Waals surface area (Å²) in [7, 11) is -3.48. The summed E-state index contributed by atoms with van der Waals surface area (Å²) in [5.41, 5.74) is 0.630. The summed E-state index contributed by atoms with van der Waals surface area (Å²) >= 11 is 0.884. The van der Waals surface area contributed by atoms with Crippen molar-refractivity contribution in [1.82, 2.24) is 9.88 Å². The lowest BCUT2D eigenvalue weighted by Gasteiger charge is -2.24. The second-order valence-electron chi connectivity index (χ2n) is 7.10. The molecular weight excluding hydrogens is 458 g/mol. The number of aryl methyl sites for hydroxylation is 1. The first kappa shape index (κ1) is 23.5. The third kappa shape index (κ3) is 4.86. The highest BCUT2D eigenvalue weighted by Gasteiger charge is 2.43. The lowest BCUT2D eigenvalue weighted by molar-refractivity contribution is -0.120. The molecule has 0 saturated heterocycles. The summed E-state index contributed by atoms with van der Waals surface area (Å²) in [6.07, 6.45) is 0.714. The molecule has 0 radical (unpaired) electrons. The molecule has 12 heteroatoms. The number of hydrogen-bond acceptors (Lipinski definition) is 9. The number of imide groups is 1. The number of fused-ring (bicyclic) bond motifs is 1. The summed E-state index contributed by atoms with van der Waals surface area (Å²) in [4.78, 5) is 55.9. The first-order valence-corrected chi connectivity index (χ1v) is 12.5. The average molecular weight is 480 g/mol. The molecule has 0 bridgehead atoms. The van der Waals surface area contributed by atoms with Gasteiger partial charge in [0.05, 0.1) is 29.2 Å². The Morgan fingerprint density at radius 3 is 2.31 bits per heavy atom. The minimum absolute atomic E-state index is 0.0662. The van der Waals surface area contributed by atoms with E-state index in [0.29, 0.717) is 5.69 Å². The van der Waals surface area contributed by atoms with E-state index in [2.05, 4.69) is 10.3 Å². The van der Waals surface area contributed by atoms with Crippen molar-refractivity contribution in [2.45, 2.75) is 26.3 Å². The topological polar surface area (TPSA) is 140 Å². The maximum Gasteiger partial charge on any atom is 0.350 e. The van der Waals surface area contributed by atoms with Gasteiger partial charge in [-0.15, -0.1) is 0 Å². The number of nitrogens with zero attached hydrogens (tertiary/aromatic N) is 2. The number of rotatable bonds is 8. The van der Waals surface area contributed by atoms with Gasteiger partial charge in [0.1, 0.15) is 20.8 Å². The fraction of sp³-hybridized carbons (Fsp3) is 0.350. The van der Waals surface area contributed by atoms with E-state index >= 15 is 0 Å². The Kier molecular flexibility index (Phi) is 6.74. The monoisotopic (exact) mass is 479 g/mol. The van der Waals surface area contributed by atoms with Crippen molar-refractivity contribution in [2.75, 3.05) is 23.9 Å². The maximum atomic E-state index is 13.1. The van der Waals surface area contributed by atoms with Crippen LogP contribution in [0.5, 0.6) is 0 Å². The molecule has 0 saturated carbocycles. The van der Waals surface area contributed by atoms with Gasteiger partial charge in [-0.05, 0) is 32.4 Å². The summed E-state index contributed by atoms with van der Waals surface area (Å²) < 4.78 is 28.4. The number of sulfone groups is 1. The standard InChI is InChI=1S/C20H21N3O7S2/c1-4-30-19(27)15-11(2)21-20(31-15)22-16(24)14(9-10-32(3,28)29)23-17(25)12-7-5-6-8-13(12)18(23)26/h5-8,14H,4,9-10H2,1-3H3,(H,21,22,24). The number of carbonyl (C=O) groups excluding carboxylic acids is 4. The number of esters is 1. The van der Waals surface area contributed by atoms with Gasteiger partial charge in [-0.2, -0.15) is 0 Å². The second-order valence-corrected chi connectivity index (χ2v) is 10.4. The van der Waals surface area contributed by atoms with Gasteiger partial charge in [0, 0.05) is 6.26 Å². The zero-order valence-electron chi connectivity index (χ0n) is 17.6. The Balaban J connectivity index is 1.89. The molecule has 1 aromatic heterocycles. The van der Waals surface area contributed by atoms with E-state index in [0.717, 1.165) is 22.5 Å². The fourth-order valence-electron chi connectivity index (χ4n) is 3.22. The van der Waals surface area contributed by atoms with E-state index in [1.807, 2.05) is 0 Å². The van der Waals surface area contributed by atoms with Gasteiger partial charge in [-0.25, -0.2) is 18.2 Å². The van der Waals surface area contributed by atoms with Crippen molar-refractivity contribution >= 4 is 50.0 Å². The van der Waals surface area contributed by atoms with E-state index in [9.17, 15) is 27.6 Å². The van der Waals surface area contributed by atoms with Crippen LogP contribution < -0.4 is 5.32 Å². The normalized spacial score (nSPS) is 14.3. The van der Waals surface area contributed by atoms with Gasteiger partial charge in [0.15, 0.2) is 5.13 Å². The van der Waals surface area contributed by atoms with E-state index in [1.54, 1.807) is 26.0 Å². The van der Waals surface area contributed by atoms with Crippen LogP contribution in [0.3, 0.4) is 0 Å². The predicted molar refractivity (Wildman–Crippen MR) is 116 cm³/mol. The van der Waals surface area contributed by atoms with Crippen molar-refractivity contribution in [1.29, 1.82) is 0 Å². The van der Waals surface area contributed by atoms with Crippen LogP contribution in [0.2, 0.25) is 0 Å². The van der Waals surface area contributed by atoms with E-state index in [1.165, 1.54) is 12.1 Å². The number of anilines is 1. The second kappa shape index (κ2) is 9.17. The molecule has 1 atom stereocenters. The lowest BCUT2D eigenvalue weighted by Crippen LogP contribution is -2.48. The molecule has 0 fully saturated rings. The number of ether oxygens (including phenoxy) is 1. The Labute approximate surface area is 188 Å². The number of hydrogen-bond donors (Lipinski definition) is 1. The summed E-state index contributed by atoms with van der Waals surface area (Å²) in [6.45, 7) is 3.40. The molecule has 0 aliphatic carbocycles. The molecule has 32 heavy (non-hydrogen) atoms. The Morgan fingerprint density at radius 2 is 1.78 bits per heavy atom. The van der Waals surface area contributed by atoms with Crippen molar-refractivity contribution in [3.05, 3.63) is 46.0 Å². The smallest absolute Gasteiger partial charge is 0.350 e. The van der Waals surface area contributed by atoms with Gasteiger partial charge in [-0.1, -0.05) is 23.5 Å². The lowest BCUT2D eigenvalue weighted by atomic mass is 10.1. The van der Waals surface area contributed by atoms with Crippen LogP contribution >= 0.6 is 11.3 Å². The van der Waals surface area contributed by atoms with Crippen LogP contribution in [0, 0.1) is 6.92 Å². The highest BCUT2D eigenvalue weighted by Crippen LogP contribution is 2.28. The molecule has 1 unspecified atom stereocenters. The van der Waals surface area contributed by atoms with E-state index < -0.39 is 45.3 Å². The van der Waals surface area contributed by atoms with Crippen LogP contribution in [0.4, 0.5) is 5.13 Å². The average Bonchev–Trinajstić information content (AvgIpc) is 3.20. The summed E-state index contributed by atoms with van der Waals surface area (Å²) in [5.74, 6) is -3.14. The summed E-state index contributed by atoms with van der Waals surface area (Å²) in [5, 5.41) is 2.57. The molecule has 2 heterocycles. The van der Waals surface area contributed by atoms with Crippen molar-refractivity contribution in [3.8, 4) is 0 Å². The highest BCUT2D eigenvalue weighted by atomic mass is 32.2. The molecule has 10 nitrogen and oxygen atoms in total. The molecule has 1 aliphatic rings. The van der Waals surface area contributed by atoms with Gasteiger partial charge >= 0.3 is 5.97 Å². The Morgan fingerprint density at radius 1 is 1.19 bits per heavy atom. The quantitative estimate of drug-likeness (QED) is 0.445. The minimum atomic E-state index is -3.48. The van der Waals surface area contributed by atoms with Crippen LogP contribution in [0.25, 0.3) is 0 Å². The first-order valence-electron chi connectivity index (χ1n) is 9.63. The largest absolute Gasteiger partial charge is 0.462 e. The Hall–Kier alpha value is -3.12. The minimum Gasteiger partial charge on any atom is -0.462 e. The number of benzene rings is 1. The number of amides is 3. The molecular formula is C20H21N3O7S2. The fourth-order valence-corrected chi connectivity index (χ4v) is 4.73. The number of thiazole rings is 1. The van der Waals surface area contributed by atoms with Gasteiger partial charge in [0.25, 0.3) is 11.8 Å². The van der Waals surface area contributed by atoms with Crippen molar-refractivity contribution in [3.63, 3.8) is 0 Å². The molecule has 3 rings (SSSR count). The Bertz CT molecular complexity index is 1170. The molecule has 0 spiro atoms. The molecule has 2 aromatic rings. The zero-order valence-corrected chi connectivity index (χ0v) is 19.2. The van der Waals surface area contributed by atoms with Crippen LogP contribution in [0.1, 0.15) is 49.4 Å². The highest BCUT2D eigenvalue weighted by molar-refractivity contribution is 7.90. The molecule has 1 N–H and O–H groups in total. The molecule has 1 aliphatic heterocycles. The number of aromatic nitrogens is 1. The van der Waals surface area contributed by atoms with Gasteiger partial charge in [0.2, 0.25) is 5.91 Å². The van der Waals surface area contributed by atoms with Gasteiger partial charge in [-0.3, -0.25) is 19.3 Å². The molecule has 1 aromatic carbocycles. The van der Waals surface area contributed by atoms with Crippen LogP contribution in [0.15, 0.2) is 24.3 Å². The first-order chi connectivity index (χ1) is 15.0. The third-order valence-electron chi connectivity index (χ3n) is 4.69. The number of nitrogens with one attached hydrogen (secondary N) is 1. The summed E-state index contributed by atoms with van der Waals surface area (Å²) in [6, 6.07) is 4.74. The SMILES string of the molecule is CCOC(=O)c1sc(NC(=O)C(CCS(C)(=O)=O)N2C(=O)c3ccccc3C2=O)nc1C. The zero-order chi connectivity index (χ0) is 23.6. The maximum absolute atomic E-state index is 13.1. The van der Waals surface area contributed by atoms with E-state index in [-0.39, 0.29) is 34.2 Å². The van der Waals surface area contributed by atoms with Gasteiger partial charge < -0.3 is 10.1 Å². The van der Waals surface area contributed by atoms with Crippen molar-refractivity contribution < 1.29 is 32.3 Å². The third-order valence-corrected chi connectivity index (χ3v) is 6.72. The molecule has 3 amide bonds. The van der Waals surface area contributed by atoms with Crippen LogP contribution in [-0.4, -0.2) is 66.6 Å². The van der Waals surface area contributed by atoms with E-state index in [4.69, 9.17) is 4.74 Å². The molecule has 170 valence electrons. The van der Waals surface area contributed by atoms with Crippen LogP contribution in [-0.2, 0) is 19.4 Å². The number of carbonyl (C=O) groups is 4. The van der Waals surface area contributed by atoms with Crippen molar-refractivity contribution in [2.24, 2.45) is 0 Å². The predicted octanol–water partition coefficient (Wildman–Crippen LogP) is 1.67.